The normalized spacial score (nSPS) is 12.8. The second kappa shape index (κ2) is 10.8. The van der Waals surface area contributed by atoms with Crippen molar-refractivity contribution in [2.75, 3.05) is 25.6 Å². The zero-order valence-electron chi connectivity index (χ0n) is 17.6. The molecular formula is C21H26N6O3S. The van der Waals surface area contributed by atoms with Gasteiger partial charge < -0.3 is 19.9 Å². The zero-order chi connectivity index (χ0) is 22.1. The number of Topliss-reactive ketones (excluding diaryl/α,β-unsaturated/α-hetero) is 1. The van der Waals surface area contributed by atoms with Crippen LogP contribution in [0.3, 0.4) is 0 Å². The molecule has 0 aromatic carbocycles. The maximum atomic E-state index is 12.9. The van der Waals surface area contributed by atoms with Crippen LogP contribution in [0.1, 0.15) is 35.1 Å². The van der Waals surface area contributed by atoms with Crippen molar-refractivity contribution in [3.63, 3.8) is 0 Å². The topological polar surface area (TPSA) is 111 Å². The predicted octanol–water partition coefficient (Wildman–Crippen LogP) is 2.49. The molecule has 1 amide bonds. The van der Waals surface area contributed by atoms with Gasteiger partial charge in [0.05, 0.1) is 24.8 Å². The number of pyridine rings is 1. The molecule has 3 aromatic heterocycles. The van der Waals surface area contributed by atoms with E-state index in [0.29, 0.717) is 28.9 Å². The largest absolute Gasteiger partial charge is 0.384 e. The number of hydrogen-bond acceptors (Lipinski definition) is 8. The molecule has 0 spiro atoms. The Hall–Kier alpha value is -3.11. The van der Waals surface area contributed by atoms with E-state index < -0.39 is 5.54 Å². The summed E-state index contributed by atoms with van der Waals surface area (Å²) in [6.07, 6.45) is 9.53. The number of carbonyl (C=O) groups excluding carboxylic acids is 2. The first-order valence-electron chi connectivity index (χ1n) is 9.94. The van der Waals surface area contributed by atoms with Crippen LogP contribution in [0.15, 0.2) is 49.3 Å². The number of hydrogen-bond donors (Lipinski definition) is 2. The first-order chi connectivity index (χ1) is 15.0. The average molecular weight is 443 g/mol. The highest BCUT2D eigenvalue weighted by molar-refractivity contribution is 7.17. The van der Waals surface area contributed by atoms with Crippen molar-refractivity contribution < 1.29 is 14.3 Å². The van der Waals surface area contributed by atoms with Crippen LogP contribution in [0.2, 0.25) is 0 Å². The molecule has 31 heavy (non-hydrogen) atoms. The molecule has 164 valence electrons. The summed E-state index contributed by atoms with van der Waals surface area (Å²) < 4.78 is 7.02. The van der Waals surface area contributed by atoms with Gasteiger partial charge in [0.15, 0.2) is 10.9 Å². The fraction of sp³-hybridized carbons (Fsp3) is 0.381. The molecule has 0 saturated carbocycles. The fourth-order valence-corrected chi connectivity index (χ4v) is 3.84. The number of methoxy groups -OCH3 is 1. The molecule has 0 saturated heterocycles. The number of aromatic nitrogens is 4. The Kier molecular flexibility index (Phi) is 7.85. The van der Waals surface area contributed by atoms with Crippen molar-refractivity contribution in [3.05, 3.63) is 59.9 Å². The summed E-state index contributed by atoms with van der Waals surface area (Å²) in [6.45, 7) is 3.40. The number of rotatable bonds is 12. The number of aryl methyl sites for hydroxylation is 1. The SMILES string of the molecule is COCCC(=O)C(C)(Nc1ncc(C(=O)NCCCn2ccnc2)s1)c1ccccn1. The maximum Gasteiger partial charge on any atom is 0.263 e. The summed E-state index contributed by atoms with van der Waals surface area (Å²) >= 11 is 1.20. The van der Waals surface area contributed by atoms with Gasteiger partial charge in [-0.3, -0.25) is 14.6 Å². The number of imidazole rings is 1. The van der Waals surface area contributed by atoms with Gasteiger partial charge in [0, 0.05) is 45.2 Å². The molecule has 3 rings (SSSR count). The fourth-order valence-electron chi connectivity index (χ4n) is 3.00. The number of anilines is 1. The van der Waals surface area contributed by atoms with Gasteiger partial charge in [-0.15, -0.1) is 0 Å². The molecular weight excluding hydrogens is 416 g/mol. The minimum absolute atomic E-state index is 0.0752. The van der Waals surface area contributed by atoms with Crippen molar-refractivity contribution in [1.82, 2.24) is 24.8 Å². The number of ketones is 1. The summed E-state index contributed by atoms with van der Waals surface area (Å²) in [5.74, 6) is -0.268. The van der Waals surface area contributed by atoms with Gasteiger partial charge in [0.1, 0.15) is 10.4 Å². The molecule has 3 heterocycles. The zero-order valence-corrected chi connectivity index (χ0v) is 18.4. The number of amides is 1. The van der Waals surface area contributed by atoms with Crippen molar-refractivity contribution >= 4 is 28.2 Å². The lowest BCUT2D eigenvalue weighted by molar-refractivity contribution is -0.124. The third-order valence-electron chi connectivity index (χ3n) is 4.79. The Labute approximate surface area is 184 Å². The molecule has 2 N–H and O–H groups in total. The van der Waals surface area contributed by atoms with Gasteiger partial charge in [-0.2, -0.15) is 0 Å². The molecule has 0 aliphatic carbocycles. The Morgan fingerprint density at radius 1 is 1.26 bits per heavy atom. The van der Waals surface area contributed by atoms with Crippen LogP contribution < -0.4 is 10.6 Å². The van der Waals surface area contributed by atoms with Crippen LogP contribution in [-0.4, -0.2) is 51.5 Å². The Morgan fingerprint density at radius 2 is 2.13 bits per heavy atom. The molecule has 0 fully saturated rings. The van der Waals surface area contributed by atoms with Crippen LogP contribution in [0.4, 0.5) is 5.13 Å². The average Bonchev–Trinajstić information content (AvgIpc) is 3.47. The monoisotopic (exact) mass is 442 g/mol. The van der Waals surface area contributed by atoms with Crippen molar-refractivity contribution in [1.29, 1.82) is 0 Å². The lowest BCUT2D eigenvalue weighted by atomic mass is 9.90. The number of nitrogens with zero attached hydrogens (tertiary/aromatic N) is 4. The van der Waals surface area contributed by atoms with Crippen LogP contribution in [-0.2, 0) is 21.6 Å². The highest BCUT2D eigenvalue weighted by atomic mass is 32.1. The van der Waals surface area contributed by atoms with Gasteiger partial charge in [-0.1, -0.05) is 17.4 Å². The number of nitrogens with one attached hydrogen (secondary N) is 2. The van der Waals surface area contributed by atoms with Gasteiger partial charge in [0.2, 0.25) is 0 Å². The molecule has 0 aliphatic heterocycles. The van der Waals surface area contributed by atoms with Crippen molar-refractivity contribution in [3.8, 4) is 0 Å². The molecule has 0 bridgehead atoms. The van der Waals surface area contributed by atoms with E-state index in [-0.39, 0.29) is 18.1 Å². The molecule has 9 nitrogen and oxygen atoms in total. The van der Waals surface area contributed by atoms with Crippen molar-refractivity contribution in [2.45, 2.75) is 31.8 Å². The van der Waals surface area contributed by atoms with E-state index >= 15 is 0 Å². The first-order valence-corrected chi connectivity index (χ1v) is 10.8. The third-order valence-corrected chi connectivity index (χ3v) is 5.70. The van der Waals surface area contributed by atoms with Crippen LogP contribution in [0.25, 0.3) is 0 Å². The summed E-state index contributed by atoms with van der Waals surface area (Å²) in [6, 6.07) is 5.41. The highest BCUT2D eigenvalue weighted by Gasteiger charge is 2.36. The number of thiazole rings is 1. The lowest BCUT2D eigenvalue weighted by Gasteiger charge is -2.28. The summed E-state index contributed by atoms with van der Waals surface area (Å²) in [7, 11) is 1.56. The second-order valence-electron chi connectivity index (χ2n) is 7.07. The second-order valence-corrected chi connectivity index (χ2v) is 8.10. The Bertz CT molecular complexity index is 976. The number of ether oxygens (including phenoxy) is 1. The van der Waals surface area contributed by atoms with E-state index in [2.05, 4.69) is 25.6 Å². The molecule has 1 atom stereocenters. The lowest BCUT2D eigenvalue weighted by Crippen LogP contribution is -2.41. The van der Waals surface area contributed by atoms with Gasteiger partial charge in [0.25, 0.3) is 5.91 Å². The van der Waals surface area contributed by atoms with Crippen molar-refractivity contribution in [2.24, 2.45) is 0 Å². The molecule has 0 radical (unpaired) electrons. The Balaban J connectivity index is 1.63. The van der Waals surface area contributed by atoms with Crippen LogP contribution in [0, 0.1) is 0 Å². The van der Waals surface area contributed by atoms with Gasteiger partial charge in [-0.05, 0) is 25.5 Å². The minimum Gasteiger partial charge on any atom is -0.384 e. The summed E-state index contributed by atoms with van der Waals surface area (Å²) in [4.78, 5) is 38.5. The maximum absolute atomic E-state index is 12.9. The standard InChI is InChI=1S/C21H26N6O3S/c1-21(18(28)7-13-30-2,17-6-3-4-8-23-17)26-20-25-14-16(31-20)19(29)24-9-5-11-27-12-10-22-15-27/h3-4,6,8,10,12,14-15H,5,7,9,11,13H2,1-2H3,(H,24,29)(H,25,26). The summed E-state index contributed by atoms with van der Waals surface area (Å²) in [5, 5.41) is 6.56. The highest BCUT2D eigenvalue weighted by Crippen LogP contribution is 2.29. The quantitative estimate of drug-likeness (QED) is 0.415. The van der Waals surface area contributed by atoms with E-state index in [1.54, 1.807) is 44.9 Å². The molecule has 1 unspecified atom stereocenters. The minimum atomic E-state index is -1.09. The van der Waals surface area contributed by atoms with E-state index in [4.69, 9.17) is 4.74 Å². The third kappa shape index (κ3) is 5.96. The van der Waals surface area contributed by atoms with E-state index in [9.17, 15) is 9.59 Å². The van der Waals surface area contributed by atoms with Crippen LogP contribution >= 0.6 is 11.3 Å². The molecule has 10 heteroatoms. The predicted molar refractivity (Wildman–Crippen MR) is 118 cm³/mol. The first kappa shape index (κ1) is 22.6. The smallest absolute Gasteiger partial charge is 0.263 e. The molecule has 3 aromatic rings. The molecule has 0 aliphatic rings. The van der Waals surface area contributed by atoms with Gasteiger partial charge in [-0.25, -0.2) is 9.97 Å². The Morgan fingerprint density at radius 3 is 2.84 bits per heavy atom. The van der Waals surface area contributed by atoms with E-state index in [0.717, 1.165) is 13.0 Å². The number of carbonyl (C=O) groups is 2. The van der Waals surface area contributed by atoms with Gasteiger partial charge >= 0.3 is 0 Å². The van der Waals surface area contributed by atoms with E-state index in [1.807, 2.05) is 16.8 Å². The van der Waals surface area contributed by atoms with E-state index in [1.165, 1.54) is 17.5 Å². The summed E-state index contributed by atoms with van der Waals surface area (Å²) in [5.41, 5.74) is -0.507. The van der Waals surface area contributed by atoms with Crippen LogP contribution in [0.5, 0.6) is 0 Å².